The number of thiophene rings is 1. The number of nitrogens with one attached hydrogen (secondary N) is 1. The van der Waals surface area contributed by atoms with Crippen LogP contribution in [0.15, 0.2) is 16.3 Å². The van der Waals surface area contributed by atoms with Crippen LogP contribution >= 0.6 is 11.3 Å². The second-order valence-corrected chi connectivity index (χ2v) is 7.94. The molecular weight excluding hydrogens is 286 g/mol. The summed E-state index contributed by atoms with van der Waals surface area (Å²) in [6, 6.07) is 2.47. The van der Waals surface area contributed by atoms with Gasteiger partial charge in [0.15, 0.2) is 0 Å². The third-order valence-electron chi connectivity index (χ3n) is 2.59. The molecule has 1 aromatic heterocycles. The lowest BCUT2D eigenvalue weighted by molar-refractivity contribution is 0.0702. The van der Waals surface area contributed by atoms with E-state index in [0.717, 1.165) is 24.2 Å². The fourth-order valence-corrected chi connectivity index (χ4v) is 3.98. The van der Waals surface area contributed by atoms with E-state index >= 15 is 0 Å². The van der Waals surface area contributed by atoms with Crippen LogP contribution in [0.4, 0.5) is 0 Å². The molecule has 5 nitrogen and oxygen atoms in total. The first-order valence-electron chi connectivity index (χ1n) is 6.08. The van der Waals surface area contributed by atoms with Crippen molar-refractivity contribution in [2.45, 2.75) is 43.9 Å². The fourth-order valence-electron chi connectivity index (χ4n) is 1.54. The molecule has 0 saturated heterocycles. The van der Waals surface area contributed by atoms with E-state index in [9.17, 15) is 13.2 Å². The molecule has 108 valence electrons. The lowest BCUT2D eigenvalue weighted by Crippen LogP contribution is -2.32. The monoisotopic (exact) mass is 305 g/mol. The molecule has 0 fully saturated rings. The van der Waals surface area contributed by atoms with Crippen LogP contribution in [0.1, 0.15) is 43.3 Å². The number of carboxylic acid groups (broad SMARTS) is 1. The van der Waals surface area contributed by atoms with Crippen molar-refractivity contribution >= 4 is 27.3 Å². The summed E-state index contributed by atoms with van der Waals surface area (Å²) in [6.07, 6.45) is 1.70. The van der Waals surface area contributed by atoms with Gasteiger partial charge in [-0.25, -0.2) is 17.9 Å². The number of carboxylic acids is 1. The maximum absolute atomic E-state index is 12.0. The van der Waals surface area contributed by atoms with E-state index in [1.165, 1.54) is 12.1 Å². The number of rotatable bonds is 7. The molecule has 0 bridgehead atoms. The van der Waals surface area contributed by atoms with Crippen LogP contribution in [0.3, 0.4) is 0 Å². The van der Waals surface area contributed by atoms with Gasteiger partial charge in [0.05, 0.1) is 0 Å². The van der Waals surface area contributed by atoms with Gasteiger partial charge in [0.1, 0.15) is 9.09 Å². The summed E-state index contributed by atoms with van der Waals surface area (Å²) in [5, 5.41) is 8.79. The van der Waals surface area contributed by atoms with E-state index in [-0.39, 0.29) is 15.1 Å². The third kappa shape index (κ3) is 4.93. The molecule has 0 amide bonds. The minimum Gasteiger partial charge on any atom is -0.477 e. The normalized spacial score (nSPS) is 13.7. The van der Waals surface area contributed by atoms with Crippen molar-refractivity contribution < 1.29 is 18.3 Å². The molecule has 19 heavy (non-hydrogen) atoms. The zero-order chi connectivity index (χ0) is 14.6. The summed E-state index contributed by atoms with van der Waals surface area (Å²) in [7, 11) is -3.61. The molecule has 0 aliphatic rings. The Morgan fingerprint density at radius 1 is 1.32 bits per heavy atom. The van der Waals surface area contributed by atoms with Gasteiger partial charge in [-0.1, -0.05) is 13.8 Å². The third-order valence-corrected chi connectivity index (χ3v) is 5.74. The zero-order valence-electron chi connectivity index (χ0n) is 11.2. The Morgan fingerprint density at radius 3 is 2.42 bits per heavy atom. The van der Waals surface area contributed by atoms with E-state index in [1.54, 1.807) is 0 Å². The van der Waals surface area contributed by atoms with Crippen LogP contribution in [0.25, 0.3) is 0 Å². The van der Waals surface area contributed by atoms with Gasteiger partial charge in [-0.15, -0.1) is 11.3 Å². The highest BCUT2D eigenvalue weighted by atomic mass is 32.2. The second-order valence-electron chi connectivity index (χ2n) is 4.92. The number of aromatic carboxylic acids is 1. The Balaban J connectivity index is 2.72. The Labute approximate surface area is 117 Å². The second kappa shape index (κ2) is 6.49. The SMILES string of the molecule is CC(C)CCC(C)NS(=O)(=O)c1ccc(C(=O)O)s1. The highest BCUT2D eigenvalue weighted by Gasteiger charge is 2.21. The summed E-state index contributed by atoms with van der Waals surface area (Å²) in [5.74, 6) is -0.591. The zero-order valence-corrected chi connectivity index (χ0v) is 12.8. The molecule has 0 aliphatic carbocycles. The predicted octanol–water partition coefficient (Wildman–Crippen LogP) is 2.55. The molecule has 2 N–H and O–H groups in total. The lowest BCUT2D eigenvalue weighted by atomic mass is 10.1. The van der Waals surface area contributed by atoms with E-state index in [0.29, 0.717) is 5.92 Å². The van der Waals surface area contributed by atoms with Gasteiger partial charge in [-0.2, -0.15) is 0 Å². The lowest BCUT2D eigenvalue weighted by Gasteiger charge is -2.14. The maximum Gasteiger partial charge on any atom is 0.345 e. The van der Waals surface area contributed by atoms with Crippen molar-refractivity contribution in [1.82, 2.24) is 4.72 Å². The van der Waals surface area contributed by atoms with Crippen molar-refractivity contribution in [3.05, 3.63) is 17.0 Å². The molecule has 1 heterocycles. The van der Waals surface area contributed by atoms with Gasteiger partial charge in [-0.3, -0.25) is 0 Å². The Bertz CT molecular complexity index is 534. The molecule has 1 rings (SSSR count). The maximum atomic E-state index is 12.0. The Hall–Kier alpha value is -0.920. The molecule has 1 aromatic rings. The molecule has 0 aromatic carbocycles. The summed E-state index contributed by atoms with van der Waals surface area (Å²) in [6.45, 7) is 5.98. The van der Waals surface area contributed by atoms with Crippen LogP contribution in [0.5, 0.6) is 0 Å². The van der Waals surface area contributed by atoms with Gasteiger partial charge < -0.3 is 5.11 Å². The quantitative estimate of drug-likeness (QED) is 0.811. The van der Waals surface area contributed by atoms with Gasteiger partial charge in [0, 0.05) is 6.04 Å². The van der Waals surface area contributed by atoms with Gasteiger partial charge in [0.25, 0.3) is 0 Å². The molecule has 0 aliphatic heterocycles. The Kier molecular flexibility index (Phi) is 5.51. The van der Waals surface area contributed by atoms with E-state index in [4.69, 9.17) is 5.11 Å². The minimum atomic E-state index is -3.61. The largest absolute Gasteiger partial charge is 0.477 e. The summed E-state index contributed by atoms with van der Waals surface area (Å²) in [5.41, 5.74) is 0. The smallest absolute Gasteiger partial charge is 0.345 e. The average Bonchev–Trinajstić information content (AvgIpc) is 2.75. The molecule has 1 atom stereocenters. The number of carbonyl (C=O) groups is 1. The number of sulfonamides is 1. The minimum absolute atomic E-state index is 0.0233. The van der Waals surface area contributed by atoms with Crippen LogP contribution in [0.2, 0.25) is 0 Å². The first kappa shape index (κ1) is 16.1. The van der Waals surface area contributed by atoms with E-state index < -0.39 is 16.0 Å². The summed E-state index contributed by atoms with van der Waals surface area (Å²) in [4.78, 5) is 10.8. The standard InChI is InChI=1S/C12H19NO4S2/c1-8(2)4-5-9(3)13-19(16,17)11-7-6-10(18-11)12(14)15/h6-9,13H,4-5H2,1-3H3,(H,14,15). The molecule has 0 spiro atoms. The van der Waals surface area contributed by atoms with Gasteiger partial charge in [-0.05, 0) is 37.8 Å². The number of hydrogen-bond acceptors (Lipinski definition) is 4. The van der Waals surface area contributed by atoms with Crippen LogP contribution < -0.4 is 4.72 Å². The average molecular weight is 305 g/mol. The predicted molar refractivity (Wildman–Crippen MR) is 75.1 cm³/mol. The topological polar surface area (TPSA) is 83.5 Å². The first-order chi connectivity index (χ1) is 8.72. The van der Waals surface area contributed by atoms with Crippen LogP contribution in [0, 0.1) is 5.92 Å². The molecular formula is C12H19NO4S2. The van der Waals surface area contributed by atoms with Crippen LogP contribution in [-0.4, -0.2) is 25.5 Å². The number of hydrogen-bond donors (Lipinski definition) is 2. The summed E-state index contributed by atoms with van der Waals surface area (Å²) >= 11 is 0.764. The first-order valence-corrected chi connectivity index (χ1v) is 8.38. The van der Waals surface area contributed by atoms with Gasteiger partial charge >= 0.3 is 5.97 Å². The molecule has 7 heteroatoms. The highest BCUT2D eigenvalue weighted by Crippen LogP contribution is 2.22. The van der Waals surface area contributed by atoms with E-state index in [1.807, 2.05) is 6.92 Å². The molecule has 0 saturated carbocycles. The van der Waals surface area contributed by atoms with Crippen molar-refractivity contribution in [1.29, 1.82) is 0 Å². The highest BCUT2D eigenvalue weighted by molar-refractivity contribution is 7.91. The van der Waals surface area contributed by atoms with E-state index in [2.05, 4.69) is 18.6 Å². The Morgan fingerprint density at radius 2 is 1.95 bits per heavy atom. The molecule has 1 unspecified atom stereocenters. The summed E-state index contributed by atoms with van der Waals surface area (Å²) < 4.78 is 26.7. The fraction of sp³-hybridized carbons (Fsp3) is 0.583. The van der Waals surface area contributed by atoms with Crippen molar-refractivity contribution in [2.24, 2.45) is 5.92 Å². The van der Waals surface area contributed by atoms with Crippen molar-refractivity contribution in [3.8, 4) is 0 Å². The molecule has 0 radical (unpaired) electrons. The van der Waals surface area contributed by atoms with Gasteiger partial charge in [0.2, 0.25) is 10.0 Å². The van der Waals surface area contributed by atoms with Crippen LogP contribution in [-0.2, 0) is 10.0 Å². The van der Waals surface area contributed by atoms with Crippen molar-refractivity contribution in [3.63, 3.8) is 0 Å². The van der Waals surface area contributed by atoms with Crippen molar-refractivity contribution in [2.75, 3.05) is 0 Å².